The van der Waals surface area contributed by atoms with Gasteiger partial charge in [-0.3, -0.25) is 4.99 Å². The zero-order chi connectivity index (χ0) is 13.6. The maximum absolute atomic E-state index is 13.2. The summed E-state index contributed by atoms with van der Waals surface area (Å²) in [6.07, 6.45) is -1.69. The average molecular weight is 315 g/mol. The van der Waals surface area contributed by atoms with Gasteiger partial charge < -0.3 is 0 Å². The zero-order valence-corrected chi connectivity index (χ0v) is 10.9. The molecule has 0 saturated carbocycles. The molecule has 1 heterocycles. The quantitative estimate of drug-likeness (QED) is 0.644. The minimum Gasteiger partial charge on any atom is -0.268 e. The van der Waals surface area contributed by atoms with E-state index < -0.39 is 11.6 Å². The monoisotopic (exact) mass is 313 g/mol. The molecule has 1 aliphatic rings. The average Bonchev–Trinajstić information content (AvgIpc) is 2.74. The van der Waals surface area contributed by atoms with Gasteiger partial charge in [-0.1, -0.05) is 34.8 Å². The molecule has 1 aromatic carbocycles. The van der Waals surface area contributed by atoms with Gasteiger partial charge in [0, 0.05) is 12.4 Å². The lowest BCUT2D eigenvalue weighted by Crippen LogP contribution is -2.41. The Morgan fingerprint density at radius 2 is 1.61 bits per heavy atom. The van der Waals surface area contributed by atoms with Crippen molar-refractivity contribution in [3.63, 3.8) is 0 Å². The van der Waals surface area contributed by atoms with Crippen molar-refractivity contribution in [2.75, 3.05) is 0 Å². The van der Waals surface area contributed by atoms with Gasteiger partial charge in [0.25, 0.3) is 0 Å². The number of rotatable bonds is 1. The summed E-state index contributed by atoms with van der Waals surface area (Å²) in [5.74, 6) is 0. The second-order valence-corrected chi connectivity index (χ2v) is 4.91. The molecule has 1 nitrogen and oxygen atoms in total. The Hall–Kier alpha value is -0.710. The summed E-state index contributed by atoms with van der Waals surface area (Å²) >= 11 is 17.2. The third-order valence-electron chi connectivity index (χ3n) is 2.63. The molecule has 0 unspecified atom stereocenters. The summed E-state index contributed by atoms with van der Waals surface area (Å²) in [5.41, 5.74) is -2.42. The first-order valence-corrected chi connectivity index (χ1v) is 5.85. The summed E-state index contributed by atoms with van der Waals surface area (Å²) in [5, 5.41) is -0.0358. The fourth-order valence-electron chi connectivity index (χ4n) is 1.66. The van der Waals surface area contributed by atoms with Gasteiger partial charge in [0.15, 0.2) is 0 Å². The van der Waals surface area contributed by atoms with Crippen molar-refractivity contribution in [2.24, 2.45) is 4.99 Å². The highest BCUT2D eigenvalue weighted by molar-refractivity contribution is 6.48. The predicted octanol–water partition coefficient (Wildman–Crippen LogP) is 5.05. The Labute approximate surface area is 116 Å². The summed E-state index contributed by atoms with van der Waals surface area (Å²) in [7, 11) is 0. The maximum atomic E-state index is 13.2. The number of benzene rings is 1. The molecule has 2 rings (SSSR count). The zero-order valence-electron chi connectivity index (χ0n) is 8.60. The molecule has 0 N–H and O–H groups in total. The first-order chi connectivity index (χ1) is 8.28. The smallest absolute Gasteiger partial charge is 0.268 e. The lowest BCUT2D eigenvalue weighted by atomic mass is 9.81. The van der Waals surface area contributed by atoms with E-state index in [4.69, 9.17) is 34.8 Å². The van der Waals surface area contributed by atoms with Crippen LogP contribution in [-0.2, 0) is 5.41 Å². The molecule has 0 amide bonds. The topological polar surface area (TPSA) is 12.4 Å². The molecule has 1 atom stereocenters. The third kappa shape index (κ3) is 2.02. The molecule has 1 aliphatic heterocycles. The predicted molar refractivity (Wildman–Crippen MR) is 66.8 cm³/mol. The minimum atomic E-state index is -4.54. The first kappa shape index (κ1) is 13.7. The second-order valence-electron chi connectivity index (χ2n) is 3.71. The first-order valence-electron chi connectivity index (χ1n) is 4.72. The molecule has 0 bridgehead atoms. The van der Waals surface area contributed by atoms with Crippen LogP contribution >= 0.6 is 34.8 Å². The number of alkyl halides is 3. The van der Waals surface area contributed by atoms with Crippen LogP contribution in [0.4, 0.5) is 13.2 Å². The Kier molecular flexibility index (Phi) is 3.38. The van der Waals surface area contributed by atoms with Crippen molar-refractivity contribution >= 4 is 41.0 Å². The molecule has 1 aromatic rings. The van der Waals surface area contributed by atoms with Crippen LogP contribution in [0.1, 0.15) is 5.56 Å². The maximum Gasteiger partial charge on any atom is 0.406 e. The van der Waals surface area contributed by atoms with Crippen LogP contribution in [-0.4, -0.2) is 12.4 Å². The molecular formula is C11H5Cl3F3N. The highest BCUT2D eigenvalue weighted by atomic mass is 35.5. The SMILES string of the molecule is FC(F)(F)[C@]1(c2cc(Cl)c(Cl)c(Cl)c2)C=CN=C1. The van der Waals surface area contributed by atoms with Gasteiger partial charge in [-0.25, -0.2) is 0 Å². The van der Waals surface area contributed by atoms with Gasteiger partial charge in [0.1, 0.15) is 5.41 Å². The van der Waals surface area contributed by atoms with Crippen LogP contribution in [0.15, 0.2) is 29.4 Å². The number of hydrogen-bond acceptors (Lipinski definition) is 1. The molecule has 7 heteroatoms. The van der Waals surface area contributed by atoms with E-state index in [0.29, 0.717) is 0 Å². The molecule has 0 fully saturated rings. The Bertz CT molecular complexity index is 514. The van der Waals surface area contributed by atoms with Crippen LogP contribution < -0.4 is 0 Å². The van der Waals surface area contributed by atoms with Crippen LogP contribution in [0.3, 0.4) is 0 Å². The van der Waals surface area contributed by atoms with E-state index in [0.717, 1.165) is 30.6 Å². The third-order valence-corrected chi connectivity index (χ3v) is 3.83. The second kappa shape index (κ2) is 4.44. The van der Waals surface area contributed by atoms with Crippen molar-refractivity contribution in [1.82, 2.24) is 0 Å². The van der Waals surface area contributed by atoms with E-state index in [9.17, 15) is 13.2 Å². The number of allylic oxidation sites excluding steroid dienone is 1. The van der Waals surface area contributed by atoms with E-state index in [1.807, 2.05) is 0 Å². The molecule has 96 valence electrons. The van der Waals surface area contributed by atoms with Crippen molar-refractivity contribution in [3.8, 4) is 0 Å². The lowest BCUT2D eigenvalue weighted by molar-refractivity contribution is -0.154. The number of aliphatic imine (C=N–C) groups is 1. The number of hydrogen-bond donors (Lipinski definition) is 0. The van der Waals surface area contributed by atoms with Crippen LogP contribution in [0.5, 0.6) is 0 Å². The van der Waals surface area contributed by atoms with E-state index in [2.05, 4.69) is 4.99 Å². The molecule has 0 aliphatic carbocycles. The Morgan fingerprint density at radius 3 is 2.00 bits per heavy atom. The van der Waals surface area contributed by atoms with Gasteiger partial charge in [0.05, 0.1) is 15.1 Å². The van der Waals surface area contributed by atoms with Crippen LogP contribution in [0.25, 0.3) is 0 Å². The molecule has 0 saturated heterocycles. The molecular weight excluding hydrogens is 309 g/mol. The van der Waals surface area contributed by atoms with Crippen LogP contribution in [0.2, 0.25) is 15.1 Å². The summed E-state index contributed by atoms with van der Waals surface area (Å²) in [6.45, 7) is 0. The minimum absolute atomic E-state index is 0.0262. The van der Waals surface area contributed by atoms with E-state index in [1.165, 1.54) is 0 Å². The molecule has 0 radical (unpaired) electrons. The van der Waals surface area contributed by atoms with Gasteiger partial charge in [-0.2, -0.15) is 13.2 Å². The standard InChI is InChI=1S/C11H5Cl3F3N/c12-7-3-6(4-8(13)9(7)14)10(11(15,16)17)1-2-18-5-10/h1-5H/t10-/m1/s1. The van der Waals surface area contributed by atoms with Gasteiger partial charge in [-0.05, 0) is 23.8 Å². The normalized spacial score (nSPS) is 22.8. The van der Waals surface area contributed by atoms with Gasteiger partial charge in [-0.15, -0.1) is 0 Å². The fourth-order valence-corrected chi connectivity index (χ4v) is 2.26. The Morgan fingerprint density at radius 1 is 1.06 bits per heavy atom. The largest absolute Gasteiger partial charge is 0.406 e. The molecule has 0 aromatic heterocycles. The van der Waals surface area contributed by atoms with E-state index >= 15 is 0 Å². The molecule has 18 heavy (non-hydrogen) atoms. The Balaban J connectivity index is 2.66. The molecule has 0 spiro atoms. The summed E-state index contributed by atoms with van der Waals surface area (Å²) in [4.78, 5) is 3.52. The van der Waals surface area contributed by atoms with Gasteiger partial charge >= 0.3 is 6.18 Å². The van der Waals surface area contributed by atoms with Crippen molar-refractivity contribution in [1.29, 1.82) is 0 Å². The van der Waals surface area contributed by atoms with Crippen molar-refractivity contribution < 1.29 is 13.2 Å². The van der Waals surface area contributed by atoms with Crippen molar-refractivity contribution in [2.45, 2.75) is 11.6 Å². The van der Waals surface area contributed by atoms with E-state index in [1.54, 1.807) is 0 Å². The summed E-state index contributed by atoms with van der Waals surface area (Å²) in [6, 6.07) is 2.29. The highest BCUT2D eigenvalue weighted by Gasteiger charge is 2.54. The van der Waals surface area contributed by atoms with Crippen LogP contribution in [0, 0.1) is 0 Å². The number of nitrogens with zero attached hydrogens (tertiary/aromatic N) is 1. The van der Waals surface area contributed by atoms with E-state index in [-0.39, 0.29) is 20.6 Å². The number of halogens is 6. The van der Waals surface area contributed by atoms with Crippen molar-refractivity contribution in [3.05, 3.63) is 45.0 Å². The lowest BCUT2D eigenvalue weighted by Gasteiger charge is -2.28. The highest BCUT2D eigenvalue weighted by Crippen LogP contribution is 2.45. The summed E-state index contributed by atoms with van der Waals surface area (Å²) < 4.78 is 39.6. The fraction of sp³-hybridized carbons (Fsp3) is 0.182. The van der Waals surface area contributed by atoms with Gasteiger partial charge in [0.2, 0.25) is 0 Å².